The first-order valence-corrected chi connectivity index (χ1v) is 11.2. The monoisotopic (exact) mass is 405 g/mol. The molecular formula is C19H19NO5S2. The van der Waals surface area contributed by atoms with Gasteiger partial charge in [-0.2, -0.15) is 0 Å². The minimum Gasteiger partial charge on any atom is -0.493 e. The number of sulfone groups is 1. The number of benzene rings is 1. The van der Waals surface area contributed by atoms with Crippen LogP contribution in [-0.4, -0.2) is 45.2 Å². The van der Waals surface area contributed by atoms with Crippen molar-refractivity contribution in [3.05, 3.63) is 52.4 Å². The average Bonchev–Trinajstić information content (AvgIpc) is 3.30. The maximum Gasteiger partial charge on any atom is 0.289 e. The van der Waals surface area contributed by atoms with E-state index in [1.165, 1.54) is 11.3 Å². The lowest BCUT2D eigenvalue weighted by Gasteiger charge is -2.18. The molecule has 1 aliphatic rings. The Labute approximate surface area is 161 Å². The highest BCUT2D eigenvalue weighted by atomic mass is 32.2. The molecule has 1 aliphatic heterocycles. The smallest absolute Gasteiger partial charge is 0.289 e. The van der Waals surface area contributed by atoms with Crippen LogP contribution in [0.3, 0.4) is 0 Å². The van der Waals surface area contributed by atoms with Crippen LogP contribution in [0.2, 0.25) is 0 Å². The molecule has 1 amide bonds. The summed E-state index contributed by atoms with van der Waals surface area (Å²) in [5.74, 6) is 0.407. The van der Waals surface area contributed by atoms with Crippen molar-refractivity contribution in [3.63, 3.8) is 0 Å². The highest BCUT2D eigenvalue weighted by Gasteiger charge is 2.34. The summed E-state index contributed by atoms with van der Waals surface area (Å²) in [6.45, 7) is 0.534. The van der Waals surface area contributed by atoms with Crippen LogP contribution in [0.1, 0.15) is 27.1 Å². The Balaban J connectivity index is 1.60. The van der Waals surface area contributed by atoms with Crippen molar-refractivity contribution in [3.8, 4) is 5.75 Å². The predicted molar refractivity (Wildman–Crippen MR) is 104 cm³/mol. The predicted octanol–water partition coefficient (Wildman–Crippen LogP) is 3.50. The molecule has 2 aromatic heterocycles. The van der Waals surface area contributed by atoms with Crippen molar-refractivity contribution in [2.24, 2.45) is 0 Å². The molecule has 0 spiro atoms. The quantitative estimate of drug-likeness (QED) is 0.666. The molecule has 142 valence electrons. The second-order valence-corrected chi connectivity index (χ2v) is 9.72. The Bertz CT molecular complexity index is 1070. The number of amides is 1. The summed E-state index contributed by atoms with van der Waals surface area (Å²) in [5.41, 5.74) is 0.516. The van der Waals surface area contributed by atoms with Crippen molar-refractivity contribution in [1.29, 1.82) is 0 Å². The number of rotatable bonds is 3. The maximum absolute atomic E-state index is 12.9. The number of hydrogen-bond donors (Lipinski definition) is 0. The Morgan fingerprint density at radius 2 is 2.11 bits per heavy atom. The van der Waals surface area contributed by atoms with Crippen LogP contribution >= 0.6 is 11.3 Å². The molecule has 0 unspecified atom stereocenters. The van der Waals surface area contributed by atoms with E-state index in [2.05, 4.69) is 0 Å². The minimum atomic E-state index is -3.30. The van der Waals surface area contributed by atoms with E-state index in [1.54, 1.807) is 24.1 Å². The van der Waals surface area contributed by atoms with Gasteiger partial charge in [-0.05, 0) is 30.0 Å². The van der Waals surface area contributed by atoms with Crippen molar-refractivity contribution in [1.82, 2.24) is 4.90 Å². The third-order valence-corrected chi connectivity index (χ3v) is 8.07. The molecule has 6 nitrogen and oxygen atoms in total. The van der Waals surface area contributed by atoms with Gasteiger partial charge in [0.25, 0.3) is 5.91 Å². The molecule has 1 fully saturated rings. The summed E-state index contributed by atoms with van der Waals surface area (Å²) in [6, 6.07) is 10.8. The number of hydrogen-bond acceptors (Lipinski definition) is 6. The lowest BCUT2D eigenvalue weighted by Crippen LogP contribution is -2.33. The summed E-state index contributed by atoms with van der Waals surface area (Å²) in [5, 5.41) is 2.10. The Morgan fingerprint density at radius 3 is 2.85 bits per heavy atom. The normalized spacial score (nSPS) is 19.7. The highest BCUT2D eigenvalue weighted by Crippen LogP contribution is 2.33. The van der Waals surface area contributed by atoms with E-state index in [1.807, 2.05) is 29.6 Å². The van der Waals surface area contributed by atoms with Gasteiger partial charge in [0, 0.05) is 23.4 Å². The molecule has 0 aliphatic carbocycles. The molecular weight excluding hydrogens is 386 g/mol. The molecule has 1 aromatic carbocycles. The number of carbonyl (C=O) groups is 1. The van der Waals surface area contributed by atoms with Crippen LogP contribution in [0.25, 0.3) is 11.0 Å². The zero-order valence-electron chi connectivity index (χ0n) is 14.8. The first-order chi connectivity index (χ1) is 13.0. The standard InChI is InChI=1S/C19H19NO5S2/c1-24-14-5-2-4-13-12-15(25-18(13)14)19(21)20-8-7-17(16-6-3-10-26-16)27(22,23)11-9-20/h2-6,10,12,17H,7-9,11H2,1H3/t17-/m1/s1. The molecule has 27 heavy (non-hydrogen) atoms. The fourth-order valence-electron chi connectivity index (χ4n) is 3.40. The van der Waals surface area contributed by atoms with E-state index >= 15 is 0 Å². The molecule has 3 aromatic rings. The Kier molecular flexibility index (Phi) is 4.69. The number of para-hydroxylation sites is 1. The van der Waals surface area contributed by atoms with E-state index in [0.29, 0.717) is 24.3 Å². The van der Waals surface area contributed by atoms with Crippen LogP contribution < -0.4 is 4.74 Å². The summed E-state index contributed by atoms with van der Waals surface area (Å²) < 4.78 is 36.3. The number of methoxy groups -OCH3 is 1. The lowest BCUT2D eigenvalue weighted by atomic mass is 10.2. The van der Waals surface area contributed by atoms with E-state index in [4.69, 9.17) is 9.15 Å². The van der Waals surface area contributed by atoms with Crippen molar-refractivity contribution in [2.75, 3.05) is 26.0 Å². The molecule has 1 atom stereocenters. The van der Waals surface area contributed by atoms with Gasteiger partial charge in [-0.25, -0.2) is 8.42 Å². The van der Waals surface area contributed by atoms with E-state index in [-0.39, 0.29) is 24.0 Å². The largest absolute Gasteiger partial charge is 0.493 e. The number of carbonyl (C=O) groups excluding carboxylic acids is 1. The number of nitrogens with zero attached hydrogens (tertiary/aromatic N) is 1. The molecule has 4 rings (SSSR count). The maximum atomic E-state index is 12.9. The first kappa shape index (κ1) is 18.1. The molecule has 0 saturated carbocycles. The van der Waals surface area contributed by atoms with Crippen molar-refractivity contribution >= 4 is 38.1 Å². The number of thiophene rings is 1. The summed E-state index contributed by atoms with van der Waals surface area (Å²) in [4.78, 5) is 15.3. The zero-order chi connectivity index (χ0) is 19.0. The van der Waals surface area contributed by atoms with Crippen LogP contribution in [0, 0.1) is 0 Å². The van der Waals surface area contributed by atoms with Crippen LogP contribution in [-0.2, 0) is 9.84 Å². The van der Waals surface area contributed by atoms with Crippen LogP contribution in [0.4, 0.5) is 0 Å². The average molecular weight is 405 g/mol. The Hall–Kier alpha value is -2.32. The second-order valence-electron chi connectivity index (χ2n) is 6.44. The van der Waals surface area contributed by atoms with Crippen molar-refractivity contribution in [2.45, 2.75) is 11.7 Å². The molecule has 0 radical (unpaired) electrons. The van der Waals surface area contributed by atoms with Crippen molar-refractivity contribution < 1.29 is 22.4 Å². The molecule has 1 saturated heterocycles. The summed E-state index contributed by atoms with van der Waals surface area (Å²) in [7, 11) is -1.76. The van der Waals surface area contributed by atoms with Gasteiger partial charge in [0.05, 0.1) is 18.1 Å². The lowest BCUT2D eigenvalue weighted by molar-refractivity contribution is 0.0737. The minimum absolute atomic E-state index is 0.0507. The third kappa shape index (κ3) is 3.35. The van der Waals surface area contributed by atoms with Gasteiger partial charge in [0.15, 0.2) is 26.9 Å². The second kappa shape index (κ2) is 7.01. The van der Waals surface area contributed by atoms with E-state index in [0.717, 1.165) is 10.3 Å². The SMILES string of the molecule is COc1cccc2cc(C(=O)N3CC[C@H](c4cccs4)S(=O)(=O)CC3)oc12. The molecule has 3 heterocycles. The summed E-state index contributed by atoms with van der Waals surface area (Å²) >= 11 is 1.44. The zero-order valence-corrected chi connectivity index (χ0v) is 16.4. The number of furan rings is 1. The van der Waals surface area contributed by atoms with Gasteiger partial charge in [0.1, 0.15) is 0 Å². The van der Waals surface area contributed by atoms with Gasteiger partial charge in [0.2, 0.25) is 0 Å². The van der Waals surface area contributed by atoms with E-state index in [9.17, 15) is 13.2 Å². The fourth-order valence-corrected chi connectivity index (χ4v) is 6.40. The number of ether oxygens (including phenoxy) is 1. The van der Waals surface area contributed by atoms with Gasteiger partial charge < -0.3 is 14.1 Å². The first-order valence-electron chi connectivity index (χ1n) is 8.60. The van der Waals surface area contributed by atoms with E-state index < -0.39 is 15.1 Å². The molecule has 0 N–H and O–H groups in total. The van der Waals surface area contributed by atoms with Gasteiger partial charge in [-0.3, -0.25) is 4.79 Å². The van der Waals surface area contributed by atoms with Gasteiger partial charge in [-0.1, -0.05) is 18.2 Å². The van der Waals surface area contributed by atoms with Gasteiger partial charge >= 0.3 is 0 Å². The Morgan fingerprint density at radius 1 is 1.26 bits per heavy atom. The third-order valence-electron chi connectivity index (χ3n) is 4.83. The van der Waals surface area contributed by atoms with Gasteiger partial charge in [-0.15, -0.1) is 11.3 Å². The van der Waals surface area contributed by atoms with Crippen LogP contribution in [0.5, 0.6) is 5.75 Å². The topological polar surface area (TPSA) is 76.8 Å². The summed E-state index contributed by atoms with van der Waals surface area (Å²) in [6.07, 6.45) is 0.387. The number of fused-ring (bicyclic) bond motifs is 1. The van der Waals surface area contributed by atoms with Crippen LogP contribution in [0.15, 0.2) is 46.2 Å². The molecule has 0 bridgehead atoms. The molecule has 8 heteroatoms. The fraction of sp³-hybridized carbons (Fsp3) is 0.316. The highest BCUT2D eigenvalue weighted by molar-refractivity contribution is 7.91.